The molecule has 0 bridgehead atoms. The molecule has 3 aromatic rings. The van der Waals surface area contributed by atoms with Crippen LogP contribution in [0.5, 0.6) is 5.75 Å². The van der Waals surface area contributed by atoms with Crippen molar-refractivity contribution in [3.8, 4) is 5.75 Å². The molecule has 0 radical (unpaired) electrons. The zero-order chi connectivity index (χ0) is 18.4. The van der Waals surface area contributed by atoms with Crippen LogP contribution in [0.2, 0.25) is 0 Å². The van der Waals surface area contributed by atoms with E-state index in [2.05, 4.69) is 15.3 Å². The zero-order valence-corrected chi connectivity index (χ0v) is 14.7. The Labute approximate surface area is 152 Å². The molecule has 0 saturated heterocycles. The van der Waals surface area contributed by atoms with Crippen molar-refractivity contribution in [2.24, 2.45) is 0 Å². The van der Waals surface area contributed by atoms with Crippen LogP contribution in [0.15, 0.2) is 67.0 Å². The van der Waals surface area contributed by atoms with Gasteiger partial charge >= 0.3 is 0 Å². The standard InChI is InChI=1S/C20H20N4O2/c1-24(13-15-8-4-3-5-9-15)19-12-17(21-14-22-19)20(25)23-16-10-6-7-11-18(16)26-2/h3-12,14H,13H2,1-2H3,(H,23,25). The van der Waals surface area contributed by atoms with Crippen LogP contribution in [0.4, 0.5) is 11.5 Å². The first-order valence-electron chi connectivity index (χ1n) is 8.19. The number of para-hydroxylation sites is 2. The van der Waals surface area contributed by atoms with Crippen LogP contribution in [-0.4, -0.2) is 30.0 Å². The molecule has 0 aliphatic rings. The summed E-state index contributed by atoms with van der Waals surface area (Å²) in [6.45, 7) is 0.686. The summed E-state index contributed by atoms with van der Waals surface area (Å²) in [5, 5.41) is 2.82. The number of anilines is 2. The number of hydrogen-bond acceptors (Lipinski definition) is 5. The summed E-state index contributed by atoms with van der Waals surface area (Å²) in [6.07, 6.45) is 1.40. The van der Waals surface area contributed by atoms with Gasteiger partial charge in [-0.3, -0.25) is 4.79 Å². The number of aromatic nitrogens is 2. The molecule has 26 heavy (non-hydrogen) atoms. The number of ether oxygens (including phenoxy) is 1. The lowest BCUT2D eigenvalue weighted by molar-refractivity contribution is 0.102. The van der Waals surface area contributed by atoms with E-state index in [9.17, 15) is 4.79 Å². The maximum Gasteiger partial charge on any atom is 0.274 e. The molecular weight excluding hydrogens is 328 g/mol. The number of benzene rings is 2. The third-order valence-corrected chi connectivity index (χ3v) is 3.89. The fraction of sp³-hybridized carbons (Fsp3) is 0.150. The van der Waals surface area contributed by atoms with Crippen LogP contribution < -0.4 is 15.0 Å². The summed E-state index contributed by atoms with van der Waals surface area (Å²) < 4.78 is 5.25. The highest BCUT2D eigenvalue weighted by molar-refractivity contribution is 6.04. The monoisotopic (exact) mass is 348 g/mol. The van der Waals surface area contributed by atoms with Crippen LogP contribution in [-0.2, 0) is 6.54 Å². The second-order valence-corrected chi connectivity index (χ2v) is 5.76. The van der Waals surface area contributed by atoms with E-state index in [1.807, 2.05) is 54.4 Å². The van der Waals surface area contributed by atoms with Crippen molar-refractivity contribution in [2.75, 3.05) is 24.4 Å². The quantitative estimate of drug-likeness (QED) is 0.740. The molecule has 0 aliphatic heterocycles. The molecule has 6 nitrogen and oxygen atoms in total. The van der Waals surface area contributed by atoms with Gasteiger partial charge in [0.2, 0.25) is 0 Å². The number of carbonyl (C=O) groups is 1. The van der Waals surface area contributed by atoms with Gasteiger partial charge in [-0.2, -0.15) is 0 Å². The van der Waals surface area contributed by atoms with Crippen LogP contribution in [0.25, 0.3) is 0 Å². The lowest BCUT2D eigenvalue weighted by atomic mass is 10.2. The summed E-state index contributed by atoms with van der Waals surface area (Å²) in [5.74, 6) is 0.955. The van der Waals surface area contributed by atoms with Crippen LogP contribution in [0.3, 0.4) is 0 Å². The van der Waals surface area contributed by atoms with E-state index in [0.29, 0.717) is 29.5 Å². The molecule has 1 heterocycles. The van der Waals surface area contributed by atoms with E-state index in [4.69, 9.17) is 4.74 Å². The molecule has 6 heteroatoms. The number of nitrogens with one attached hydrogen (secondary N) is 1. The van der Waals surface area contributed by atoms with Gasteiger partial charge in [0.25, 0.3) is 5.91 Å². The van der Waals surface area contributed by atoms with Gasteiger partial charge in [0.05, 0.1) is 12.8 Å². The average molecular weight is 348 g/mol. The Bertz CT molecular complexity index is 884. The van der Waals surface area contributed by atoms with Gasteiger partial charge in [0.15, 0.2) is 0 Å². The maximum absolute atomic E-state index is 12.5. The van der Waals surface area contributed by atoms with Crippen molar-refractivity contribution < 1.29 is 9.53 Å². The second-order valence-electron chi connectivity index (χ2n) is 5.76. The van der Waals surface area contributed by atoms with E-state index in [0.717, 1.165) is 5.56 Å². The topological polar surface area (TPSA) is 67.3 Å². The molecule has 0 spiro atoms. The first-order chi connectivity index (χ1) is 12.7. The number of hydrogen-bond donors (Lipinski definition) is 1. The Morgan fingerprint density at radius 1 is 1.08 bits per heavy atom. The van der Waals surface area contributed by atoms with Gasteiger partial charge in [-0.25, -0.2) is 9.97 Å². The van der Waals surface area contributed by atoms with Gasteiger partial charge in [0.1, 0.15) is 23.6 Å². The summed E-state index contributed by atoms with van der Waals surface area (Å²) >= 11 is 0. The summed E-state index contributed by atoms with van der Waals surface area (Å²) in [4.78, 5) is 22.9. The fourth-order valence-electron chi connectivity index (χ4n) is 2.55. The van der Waals surface area contributed by atoms with E-state index in [-0.39, 0.29) is 5.91 Å². The summed E-state index contributed by atoms with van der Waals surface area (Å²) in [5.41, 5.74) is 2.05. The Kier molecular flexibility index (Phi) is 5.43. The highest BCUT2D eigenvalue weighted by Gasteiger charge is 2.13. The Morgan fingerprint density at radius 2 is 1.81 bits per heavy atom. The molecule has 1 amide bonds. The average Bonchev–Trinajstić information content (AvgIpc) is 2.69. The molecule has 3 rings (SSSR count). The minimum atomic E-state index is -0.314. The van der Waals surface area contributed by atoms with E-state index < -0.39 is 0 Å². The fourth-order valence-corrected chi connectivity index (χ4v) is 2.55. The van der Waals surface area contributed by atoms with Crippen molar-refractivity contribution in [1.82, 2.24) is 9.97 Å². The molecular formula is C20H20N4O2. The molecule has 132 valence electrons. The molecule has 1 N–H and O–H groups in total. The third-order valence-electron chi connectivity index (χ3n) is 3.89. The number of rotatable bonds is 6. The number of nitrogens with zero attached hydrogens (tertiary/aromatic N) is 3. The van der Waals surface area contributed by atoms with Gasteiger partial charge in [-0.1, -0.05) is 42.5 Å². The Morgan fingerprint density at radius 3 is 2.58 bits per heavy atom. The second kappa shape index (κ2) is 8.11. The molecule has 0 saturated carbocycles. The highest BCUT2D eigenvalue weighted by Crippen LogP contribution is 2.23. The van der Waals surface area contributed by atoms with Gasteiger partial charge in [-0.05, 0) is 17.7 Å². The van der Waals surface area contributed by atoms with Crippen LogP contribution >= 0.6 is 0 Å². The largest absolute Gasteiger partial charge is 0.495 e. The number of amides is 1. The van der Waals surface area contributed by atoms with Crippen molar-refractivity contribution in [1.29, 1.82) is 0 Å². The predicted molar refractivity (Wildman–Crippen MR) is 102 cm³/mol. The number of methoxy groups -OCH3 is 1. The summed E-state index contributed by atoms with van der Waals surface area (Å²) in [7, 11) is 3.49. The summed E-state index contributed by atoms with van der Waals surface area (Å²) in [6, 6.07) is 19.0. The molecule has 0 atom stereocenters. The van der Waals surface area contributed by atoms with Crippen molar-refractivity contribution in [3.05, 3.63) is 78.2 Å². The van der Waals surface area contributed by atoms with E-state index in [1.54, 1.807) is 25.3 Å². The van der Waals surface area contributed by atoms with Gasteiger partial charge in [0, 0.05) is 19.7 Å². The highest BCUT2D eigenvalue weighted by atomic mass is 16.5. The Balaban J connectivity index is 1.75. The van der Waals surface area contributed by atoms with Crippen molar-refractivity contribution in [3.63, 3.8) is 0 Å². The predicted octanol–water partition coefficient (Wildman–Crippen LogP) is 3.37. The van der Waals surface area contributed by atoms with Crippen LogP contribution in [0.1, 0.15) is 16.1 Å². The minimum Gasteiger partial charge on any atom is -0.495 e. The van der Waals surface area contributed by atoms with Crippen molar-refractivity contribution in [2.45, 2.75) is 6.54 Å². The van der Waals surface area contributed by atoms with Gasteiger partial charge in [-0.15, -0.1) is 0 Å². The zero-order valence-electron chi connectivity index (χ0n) is 14.7. The molecule has 0 fully saturated rings. The Hall–Kier alpha value is -3.41. The molecule has 0 unspecified atom stereocenters. The smallest absolute Gasteiger partial charge is 0.274 e. The normalized spacial score (nSPS) is 10.2. The number of carbonyl (C=O) groups excluding carboxylic acids is 1. The molecule has 1 aromatic heterocycles. The van der Waals surface area contributed by atoms with E-state index in [1.165, 1.54) is 6.33 Å². The maximum atomic E-state index is 12.5. The molecule has 2 aromatic carbocycles. The molecule has 0 aliphatic carbocycles. The third kappa shape index (κ3) is 4.16. The first-order valence-corrected chi connectivity index (χ1v) is 8.19. The van der Waals surface area contributed by atoms with Crippen LogP contribution in [0, 0.1) is 0 Å². The van der Waals surface area contributed by atoms with E-state index >= 15 is 0 Å². The lowest BCUT2D eigenvalue weighted by Crippen LogP contribution is -2.20. The lowest BCUT2D eigenvalue weighted by Gasteiger charge is -2.18. The SMILES string of the molecule is COc1ccccc1NC(=O)c1cc(N(C)Cc2ccccc2)ncn1. The first kappa shape index (κ1) is 17.4. The van der Waals surface area contributed by atoms with Gasteiger partial charge < -0.3 is 15.0 Å². The minimum absolute atomic E-state index is 0.292. The van der Waals surface area contributed by atoms with Crippen molar-refractivity contribution >= 4 is 17.4 Å².